The highest BCUT2D eigenvalue weighted by Gasteiger charge is 2.07. The third-order valence-electron chi connectivity index (χ3n) is 3.36. The largest absolute Gasteiger partial charge is 0.357 e. The highest BCUT2D eigenvalue weighted by molar-refractivity contribution is 7.80. The van der Waals surface area contributed by atoms with Crippen LogP contribution in [0.25, 0.3) is 0 Å². The SMILES string of the molecule is O=C(CCNC(=O)c1ccc(Cl)cc1)NNC(=S)NCc1ccccc1. The topological polar surface area (TPSA) is 82.3 Å². The van der Waals surface area contributed by atoms with Gasteiger partial charge in [0, 0.05) is 30.1 Å². The van der Waals surface area contributed by atoms with E-state index in [2.05, 4.69) is 21.5 Å². The van der Waals surface area contributed by atoms with Crippen molar-refractivity contribution in [1.29, 1.82) is 0 Å². The molecule has 2 aromatic carbocycles. The Hall–Kier alpha value is -2.64. The minimum absolute atomic E-state index is 0.119. The Kier molecular flexibility index (Phi) is 7.85. The van der Waals surface area contributed by atoms with Crippen LogP contribution in [0.2, 0.25) is 5.02 Å². The number of carbonyl (C=O) groups excluding carboxylic acids is 2. The lowest BCUT2D eigenvalue weighted by Crippen LogP contribution is -2.47. The van der Waals surface area contributed by atoms with E-state index in [1.165, 1.54) is 0 Å². The molecule has 8 heteroatoms. The summed E-state index contributed by atoms with van der Waals surface area (Å²) in [5.41, 5.74) is 6.66. The Bertz CT molecular complexity index is 754. The maximum absolute atomic E-state index is 11.9. The van der Waals surface area contributed by atoms with Crippen LogP contribution in [0.15, 0.2) is 54.6 Å². The zero-order chi connectivity index (χ0) is 18.8. The summed E-state index contributed by atoms with van der Waals surface area (Å²) < 4.78 is 0. The second-order valence-electron chi connectivity index (χ2n) is 5.35. The predicted molar refractivity (Wildman–Crippen MR) is 106 cm³/mol. The van der Waals surface area contributed by atoms with E-state index >= 15 is 0 Å². The molecule has 2 aromatic rings. The maximum Gasteiger partial charge on any atom is 0.251 e. The minimum atomic E-state index is -0.287. The zero-order valence-corrected chi connectivity index (χ0v) is 15.5. The molecule has 0 aliphatic carbocycles. The summed E-state index contributed by atoms with van der Waals surface area (Å²) in [5, 5.41) is 6.52. The number of hydrazine groups is 1. The smallest absolute Gasteiger partial charge is 0.251 e. The van der Waals surface area contributed by atoms with Crippen LogP contribution in [-0.2, 0) is 11.3 Å². The monoisotopic (exact) mass is 390 g/mol. The number of thiocarbonyl (C=S) groups is 1. The molecule has 0 bridgehead atoms. The first-order valence-corrected chi connectivity index (χ1v) is 8.73. The first-order chi connectivity index (χ1) is 12.5. The van der Waals surface area contributed by atoms with Gasteiger partial charge in [0.2, 0.25) is 5.91 Å². The fourth-order valence-corrected chi connectivity index (χ4v) is 2.25. The van der Waals surface area contributed by atoms with E-state index in [4.69, 9.17) is 23.8 Å². The summed E-state index contributed by atoms with van der Waals surface area (Å²) >= 11 is 10.9. The maximum atomic E-state index is 11.9. The quantitative estimate of drug-likeness (QED) is 0.449. The summed E-state index contributed by atoms with van der Waals surface area (Å²) in [4.78, 5) is 23.6. The molecular weight excluding hydrogens is 372 g/mol. The number of halogens is 1. The molecule has 4 N–H and O–H groups in total. The Morgan fingerprint density at radius 3 is 2.31 bits per heavy atom. The van der Waals surface area contributed by atoms with E-state index < -0.39 is 0 Å². The second-order valence-corrected chi connectivity index (χ2v) is 6.20. The lowest BCUT2D eigenvalue weighted by molar-refractivity contribution is -0.121. The van der Waals surface area contributed by atoms with Crippen LogP contribution >= 0.6 is 23.8 Å². The fourth-order valence-electron chi connectivity index (χ4n) is 2.00. The standard InChI is InChI=1S/C18H19ClN4O2S/c19-15-8-6-14(7-9-15)17(25)20-11-10-16(24)22-23-18(26)21-12-13-4-2-1-3-5-13/h1-9H,10-12H2,(H,20,25)(H,22,24)(H2,21,23,26). The lowest BCUT2D eigenvalue weighted by Gasteiger charge is -2.12. The van der Waals surface area contributed by atoms with Gasteiger partial charge in [-0.2, -0.15) is 0 Å². The third-order valence-corrected chi connectivity index (χ3v) is 3.85. The van der Waals surface area contributed by atoms with Crippen molar-refractivity contribution < 1.29 is 9.59 Å². The van der Waals surface area contributed by atoms with E-state index in [1.807, 2.05) is 30.3 Å². The average molecular weight is 391 g/mol. The molecule has 0 atom stereocenters. The van der Waals surface area contributed by atoms with Crippen molar-refractivity contribution in [3.63, 3.8) is 0 Å². The van der Waals surface area contributed by atoms with Crippen LogP contribution in [0.1, 0.15) is 22.3 Å². The normalized spacial score (nSPS) is 9.88. The van der Waals surface area contributed by atoms with E-state index in [0.29, 0.717) is 22.2 Å². The van der Waals surface area contributed by atoms with E-state index in [-0.39, 0.29) is 24.8 Å². The van der Waals surface area contributed by atoms with Crippen molar-refractivity contribution in [2.45, 2.75) is 13.0 Å². The van der Waals surface area contributed by atoms with Gasteiger partial charge in [-0.05, 0) is 42.0 Å². The van der Waals surface area contributed by atoms with Gasteiger partial charge < -0.3 is 10.6 Å². The molecule has 0 aliphatic heterocycles. The number of hydrogen-bond acceptors (Lipinski definition) is 3. The van der Waals surface area contributed by atoms with Crippen molar-refractivity contribution in [1.82, 2.24) is 21.5 Å². The van der Waals surface area contributed by atoms with Crippen LogP contribution in [0.3, 0.4) is 0 Å². The number of carbonyl (C=O) groups is 2. The molecule has 0 aromatic heterocycles. The van der Waals surface area contributed by atoms with E-state index in [0.717, 1.165) is 5.56 Å². The molecule has 0 saturated heterocycles. The number of benzene rings is 2. The summed E-state index contributed by atoms with van der Waals surface area (Å²) in [5.74, 6) is -0.548. The van der Waals surface area contributed by atoms with Crippen LogP contribution in [-0.4, -0.2) is 23.5 Å². The summed E-state index contributed by atoms with van der Waals surface area (Å²) in [6, 6.07) is 16.3. The average Bonchev–Trinajstić information content (AvgIpc) is 2.66. The molecule has 0 heterocycles. The third kappa shape index (κ3) is 7.08. The molecule has 0 radical (unpaired) electrons. The van der Waals surface area contributed by atoms with E-state index in [1.54, 1.807) is 24.3 Å². The highest BCUT2D eigenvalue weighted by Crippen LogP contribution is 2.09. The number of rotatable bonds is 6. The Morgan fingerprint density at radius 2 is 1.62 bits per heavy atom. The fraction of sp³-hybridized carbons (Fsp3) is 0.167. The van der Waals surface area contributed by atoms with Crippen LogP contribution in [0.4, 0.5) is 0 Å². The van der Waals surface area contributed by atoms with Gasteiger partial charge >= 0.3 is 0 Å². The van der Waals surface area contributed by atoms with Crippen molar-refractivity contribution >= 4 is 40.7 Å². The Labute approximate surface area is 162 Å². The molecule has 0 unspecified atom stereocenters. The van der Waals surface area contributed by atoms with Crippen molar-refractivity contribution in [2.24, 2.45) is 0 Å². The molecule has 2 rings (SSSR count). The van der Waals surface area contributed by atoms with Gasteiger partial charge in [0.1, 0.15) is 0 Å². The van der Waals surface area contributed by atoms with Gasteiger partial charge in [0.15, 0.2) is 5.11 Å². The van der Waals surface area contributed by atoms with E-state index in [9.17, 15) is 9.59 Å². The summed E-state index contributed by atoms with van der Waals surface area (Å²) in [7, 11) is 0. The lowest BCUT2D eigenvalue weighted by atomic mass is 10.2. The predicted octanol–water partition coefficient (Wildman–Crippen LogP) is 2.16. The van der Waals surface area contributed by atoms with Gasteiger partial charge in [-0.15, -0.1) is 0 Å². The number of amides is 2. The molecule has 6 nitrogen and oxygen atoms in total. The van der Waals surface area contributed by atoms with Crippen molar-refractivity contribution in [3.05, 3.63) is 70.7 Å². The second kappa shape index (κ2) is 10.4. The van der Waals surface area contributed by atoms with Crippen LogP contribution < -0.4 is 21.5 Å². The first-order valence-electron chi connectivity index (χ1n) is 7.95. The van der Waals surface area contributed by atoms with Crippen LogP contribution in [0.5, 0.6) is 0 Å². The molecule has 0 fully saturated rings. The Morgan fingerprint density at radius 1 is 0.923 bits per heavy atom. The zero-order valence-electron chi connectivity index (χ0n) is 13.9. The van der Waals surface area contributed by atoms with Gasteiger partial charge in [-0.1, -0.05) is 41.9 Å². The van der Waals surface area contributed by atoms with Gasteiger partial charge in [-0.25, -0.2) is 0 Å². The molecule has 0 spiro atoms. The molecule has 136 valence electrons. The van der Waals surface area contributed by atoms with Crippen molar-refractivity contribution in [3.8, 4) is 0 Å². The van der Waals surface area contributed by atoms with Gasteiger partial charge in [0.25, 0.3) is 5.91 Å². The number of nitrogens with one attached hydrogen (secondary N) is 4. The molecule has 26 heavy (non-hydrogen) atoms. The molecule has 0 saturated carbocycles. The van der Waals surface area contributed by atoms with Gasteiger partial charge in [-0.3, -0.25) is 20.4 Å². The summed E-state index contributed by atoms with van der Waals surface area (Å²) in [6.07, 6.45) is 0.119. The van der Waals surface area contributed by atoms with Crippen molar-refractivity contribution in [2.75, 3.05) is 6.54 Å². The van der Waals surface area contributed by atoms with Crippen LogP contribution in [0, 0.1) is 0 Å². The number of hydrogen-bond donors (Lipinski definition) is 4. The minimum Gasteiger partial charge on any atom is -0.357 e. The van der Waals surface area contributed by atoms with Gasteiger partial charge in [0.05, 0.1) is 0 Å². The molecular formula is C18H19ClN4O2S. The highest BCUT2D eigenvalue weighted by atomic mass is 35.5. The Balaban J connectivity index is 1.60. The molecule has 0 aliphatic rings. The first kappa shape index (κ1) is 19.7. The summed E-state index contributed by atoms with van der Waals surface area (Å²) in [6.45, 7) is 0.763. The molecule has 2 amide bonds.